The van der Waals surface area contributed by atoms with E-state index >= 15 is 0 Å². The number of ether oxygens (including phenoxy) is 8. The number of esters is 4. The summed E-state index contributed by atoms with van der Waals surface area (Å²) in [7, 11) is -0.181. The SMILES string of the molecule is COc1ccc(C(Nc2ncnc3c2ncn3[C@H]2CC(OP(OCCC#N)N(C(C)C)C(C)C)[C@@H](COC(=O)C(=O)OC3CCCCC3)O2)(c2ccccc2)c2ccccc2)cc1.COc1ccc(C(Nc2ncnc3c2ncn3[C@H]2CC(OP(OCCC#N)N(C(C)C)C(C)C)[C@@H](COC(=O)c3ccccc3C(=O)Oc3ccccc3C#N)O2)(c2ccccc2)c2ccccc2)cc1. The van der Waals surface area contributed by atoms with E-state index in [0.29, 0.717) is 46.1 Å². The summed E-state index contributed by atoms with van der Waals surface area (Å²) in [5.41, 5.74) is 5.82. The minimum absolute atomic E-state index is 0.00555. The van der Waals surface area contributed by atoms with E-state index in [1.165, 1.54) is 36.9 Å². The third kappa shape index (κ3) is 22.5. The number of methoxy groups -OCH3 is 2. The fourth-order valence-electron chi connectivity index (χ4n) is 17.1. The second-order valence-corrected chi connectivity index (χ2v) is 36.1. The number of para-hydroxylation sites is 1. The number of carbonyl (C=O) groups excluding carboxylic acids is 4. The van der Waals surface area contributed by atoms with Gasteiger partial charge in [-0.25, -0.2) is 58.4 Å². The first-order valence-electron chi connectivity index (χ1n) is 44.8. The van der Waals surface area contributed by atoms with Gasteiger partial charge in [-0.05, 0) is 163 Å². The predicted molar refractivity (Wildman–Crippen MR) is 503 cm³/mol. The molecule has 8 aromatic carbocycles. The lowest BCUT2D eigenvalue weighted by atomic mass is 9.77. The largest absolute Gasteiger partial charge is 0.497 e. The molecule has 15 rings (SSSR count). The van der Waals surface area contributed by atoms with Crippen molar-refractivity contribution in [2.75, 3.05) is 51.3 Å². The average Bonchev–Trinajstić information content (AvgIpc) is 1.14. The summed E-state index contributed by atoms with van der Waals surface area (Å²) >= 11 is 0. The first-order chi connectivity index (χ1) is 65.2. The number of hydrogen-bond acceptors (Lipinski definition) is 29. The van der Waals surface area contributed by atoms with Crippen LogP contribution >= 0.6 is 17.1 Å². The first kappa shape index (κ1) is 97.0. The van der Waals surface area contributed by atoms with Gasteiger partial charge in [0, 0.05) is 37.0 Å². The van der Waals surface area contributed by atoms with E-state index < -0.39 is 88.9 Å². The van der Waals surface area contributed by atoms with E-state index in [0.717, 1.165) is 71.2 Å². The molecule has 4 unspecified atom stereocenters. The van der Waals surface area contributed by atoms with Gasteiger partial charge in [0.15, 0.2) is 34.0 Å². The Morgan fingerprint density at radius 2 is 0.858 bits per heavy atom. The van der Waals surface area contributed by atoms with Crippen LogP contribution in [0.5, 0.6) is 17.2 Å². The van der Waals surface area contributed by atoms with Crippen molar-refractivity contribution in [3.8, 4) is 35.5 Å². The summed E-state index contributed by atoms with van der Waals surface area (Å²) in [6, 6.07) is 75.3. The highest BCUT2D eigenvalue weighted by Crippen LogP contribution is 2.53. The molecule has 4 aromatic heterocycles. The number of imidazole rings is 2. The van der Waals surface area contributed by atoms with Crippen LogP contribution in [0, 0.1) is 34.0 Å². The van der Waals surface area contributed by atoms with E-state index in [-0.39, 0.29) is 98.4 Å². The molecule has 31 nitrogen and oxygen atoms in total. The van der Waals surface area contributed by atoms with E-state index in [4.69, 9.17) is 85.9 Å². The quantitative estimate of drug-likeness (QED) is 0.00690. The molecule has 694 valence electrons. The fraction of sp³-hybridized carbons (Fsp3) is 0.356. The number of carbonyl (C=O) groups is 4. The Balaban J connectivity index is 0.000000217. The number of nitrogens with one attached hydrogen (secondary N) is 2. The van der Waals surface area contributed by atoms with Gasteiger partial charge in [-0.2, -0.15) is 15.8 Å². The fourth-order valence-corrected chi connectivity index (χ4v) is 20.6. The minimum Gasteiger partial charge on any atom is -0.497 e. The minimum atomic E-state index is -1.76. The Morgan fingerprint density at radius 1 is 0.470 bits per heavy atom. The molecule has 2 saturated heterocycles. The number of nitriles is 3. The summed E-state index contributed by atoms with van der Waals surface area (Å²) in [5, 5.41) is 36.0. The van der Waals surface area contributed by atoms with Crippen molar-refractivity contribution in [2.24, 2.45) is 0 Å². The zero-order valence-electron chi connectivity index (χ0n) is 76.4. The van der Waals surface area contributed by atoms with Gasteiger partial charge < -0.3 is 66.6 Å². The molecule has 134 heavy (non-hydrogen) atoms. The van der Waals surface area contributed by atoms with Gasteiger partial charge in [-0.1, -0.05) is 176 Å². The molecule has 2 aliphatic heterocycles. The average molecular weight is 1850 g/mol. The van der Waals surface area contributed by atoms with Crippen LogP contribution < -0.4 is 24.8 Å². The smallest absolute Gasteiger partial charge is 0.417 e. The molecule has 1 saturated carbocycles. The number of fused-ring (bicyclic) bond motifs is 2. The van der Waals surface area contributed by atoms with Crippen LogP contribution in [0.25, 0.3) is 22.3 Å². The van der Waals surface area contributed by atoms with Gasteiger partial charge in [-0.3, -0.25) is 9.13 Å². The molecule has 12 aromatic rings. The summed E-state index contributed by atoms with van der Waals surface area (Å²) in [6.45, 7) is 16.2. The molecule has 0 spiro atoms. The number of benzene rings is 8. The topological polar surface area (TPSA) is 368 Å². The monoisotopic (exact) mass is 1850 g/mol. The number of aromatic nitrogens is 8. The van der Waals surface area contributed by atoms with Crippen LogP contribution in [-0.2, 0) is 62.4 Å². The maximum atomic E-state index is 14.0. The third-order valence-corrected chi connectivity index (χ3v) is 27.6. The van der Waals surface area contributed by atoms with Crippen molar-refractivity contribution < 1.29 is 75.2 Å². The van der Waals surface area contributed by atoms with Gasteiger partial charge in [0.25, 0.3) is 17.1 Å². The zero-order chi connectivity index (χ0) is 94.3. The summed E-state index contributed by atoms with van der Waals surface area (Å²) in [4.78, 5) is 82.1. The Hall–Kier alpha value is -13.1. The molecule has 0 amide bonds. The highest BCUT2D eigenvalue weighted by Gasteiger charge is 2.47. The number of rotatable bonds is 38. The summed E-state index contributed by atoms with van der Waals surface area (Å²) in [5.74, 6) is -1.30. The molecule has 3 fully saturated rings. The maximum absolute atomic E-state index is 14.0. The van der Waals surface area contributed by atoms with Gasteiger partial charge in [-0.15, -0.1) is 0 Å². The molecular weight excluding hydrogens is 1740 g/mol. The van der Waals surface area contributed by atoms with E-state index in [1.807, 2.05) is 164 Å². The van der Waals surface area contributed by atoms with Gasteiger partial charge >= 0.3 is 23.9 Å². The second-order valence-electron chi connectivity index (χ2n) is 33.3. The van der Waals surface area contributed by atoms with Gasteiger partial charge in [0.2, 0.25) is 0 Å². The van der Waals surface area contributed by atoms with Crippen molar-refractivity contribution in [3.63, 3.8) is 0 Å². The van der Waals surface area contributed by atoms with Crippen molar-refractivity contribution in [1.82, 2.24) is 48.4 Å². The van der Waals surface area contributed by atoms with E-state index in [2.05, 4.69) is 108 Å². The molecule has 1 aliphatic carbocycles. The van der Waals surface area contributed by atoms with Crippen molar-refractivity contribution >= 4 is 74.9 Å². The number of hydrogen-bond donors (Lipinski definition) is 2. The van der Waals surface area contributed by atoms with Gasteiger partial charge in [0.1, 0.15) is 91.0 Å². The van der Waals surface area contributed by atoms with E-state index in [9.17, 15) is 35.0 Å². The van der Waals surface area contributed by atoms with Gasteiger partial charge in [0.05, 0.1) is 94.0 Å². The Bertz CT molecular complexity index is 5950. The molecule has 0 radical (unpaired) electrons. The van der Waals surface area contributed by atoms with Crippen LogP contribution in [0.1, 0.15) is 185 Å². The summed E-state index contributed by atoms with van der Waals surface area (Å²) < 4.78 is 81.3. The Labute approximate surface area is 781 Å². The van der Waals surface area contributed by atoms with Crippen LogP contribution in [0.3, 0.4) is 0 Å². The van der Waals surface area contributed by atoms with Crippen molar-refractivity contribution in [1.29, 1.82) is 15.8 Å². The third-order valence-electron chi connectivity index (χ3n) is 23.3. The highest BCUT2D eigenvalue weighted by molar-refractivity contribution is 7.45. The lowest BCUT2D eigenvalue weighted by Crippen LogP contribution is -2.38. The van der Waals surface area contributed by atoms with Crippen LogP contribution in [0.15, 0.2) is 244 Å². The Kier molecular flexibility index (Phi) is 33.3. The molecule has 0 bridgehead atoms. The van der Waals surface area contributed by atoms with Crippen LogP contribution in [0.2, 0.25) is 0 Å². The normalized spacial score (nSPS) is 17.3. The molecular formula is C101H109N15O16P2. The number of anilines is 2. The molecule has 6 heterocycles. The standard InChI is InChI=1S/C54H53N8O8P.C47H56N7O8P/c1-36(2)62(37(3)4)71(67-30-16-29-55)70-46-31-48(68-47(46)33-66-52(63)43-22-13-14-23-44(43)53(64)69-45-24-15-12-17-38(45)32-56)61-35-59-49-50(57-34-58-51(49)61)60-54(39-18-8-6-9-19-39,40-20-10-7-11-21-40)41-25-27-42(65-5)28-26-41;1-32(2)54(33(3)4)63(59-27-15-26-48)62-39-28-41(61-40(39)29-58-45(55)46(56)60-38-20-13-8-14-21-38)53-31-51-42-43(49-30-50-44(42)53)52-47(34-16-9-6-10-17-34,35-18-11-7-12-19-35)36-22-24-37(57-5)25-23-36/h6-15,17-28,34-37,46-48H,16,30-31,33H2,1-5H3,(H,57,58,60);6-7,9-12,16-19,22-25,30-33,38-41H,8,13-15,20-21,27-29H2,1-5H3,(H,49,50,52)/t46?,47-,48-,71?;39?,40-,41-,63?/m11/s1. The molecule has 3 aliphatic rings. The Morgan fingerprint density at radius 3 is 1.26 bits per heavy atom. The molecule has 8 atom stereocenters. The highest BCUT2D eigenvalue weighted by atomic mass is 31.2. The lowest BCUT2D eigenvalue weighted by Gasteiger charge is -2.37. The second kappa shape index (κ2) is 46.1. The van der Waals surface area contributed by atoms with Crippen LogP contribution in [-0.4, -0.2) is 168 Å². The zero-order valence-corrected chi connectivity index (χ0v) is 78.2. The first-order valence-corrected chi connectivity index (χ1v) is 47.0. The van der Waals surface area contributed by atoms with E-state index in [1.54, 1.807) is 51.1 Å². The summed E-state index contributed by atoms with van der Waals surface area (Å²) in [6.07, 6.45) is 6.83. The van der Waals surface area contributed by atoms with Crippen molar-refractivity contribution in [3.05, 3.63) is 294 Å². The van der Waals surface area contributed by atoms with Crippen molar-refractivity contribution in [2.45, 2.75) is 191 Å². The predicted octanol–water partition coefficient (Wildman–Crippen LogP) is 18.7. The van der Waals surface area contributed by atoms with Crippen LogP contribution in [0.4, 0.5) is 11.6 Å². The molecule has 2 N–H and O–H groups in total. The maximum Gasteiger partial charge on any atom is 0.417 e. The molecule has 33 heteroatoms. The number of nitrogens with zero attached hydrogens (tertiary/aromatic N) is 13. The lowest BCUT2D eigenvalue weighted by molar-refractivity contribution is -0.174.